The molecule has 0 fully saturated rings. The molecule has 1 atom stereocenters. The van der Waals surface area contributed by atoms with Gasteiger partial charge in [-0.3, -0.25) is 0 Å². The molecule has 2 N–H and O–H groups in total. The van der Waals surface area contributed by atoms with Crippen LogP contribution in [0.3, 0.4) is 0 Å². The van der Waals surface area contributed by atoms with Gasteiger partial charge in [-0.25, -0.2) is 4.98 Å². The Balaban J connectivity index is 2.20. The van der Waals surface area contributed by atoms with Gasteiger partial charge in [0.1, 0.15) is 0 Å². The fourth-order valence-corrected chi connectivity index (χ4v) is 3.22. The van der Waals surface area contributed by atoms with Gasteiger partial charge in [-0.15, -0.1) is 22.7 Å². The van der Waals surface area contributed by atoms with Crippen molar-refractivity contribution in [1.82, 2.24) is 4.98 Å². The molecular formula is C11H14N2S2. The Bertz CT molecular complexity index is 443. The lowest BCUT2D eigenvalue weighted by Crippen LogP contribution is -2.16. The molecular weight excluding hydrogens is 224 g/mol. The maximum atomic E-state index is 5.77. The monoisotopic (exact) mass is 238 g/mol. The zero-order valence-corrected chi connectivity index (χ0v) is 10.5. The summed E-state index contributed by atoms with van der Waals surface area (Å²) in [6.07, 6.45) is 0.952. The maximum absolute atomic E-state index is 5.77. The minimum Gasteiger partial charge on any atom is -0.328 e. The molecule has 2 aromatic rings. The summed E-state index contributed by atoms with van der Waals surface area (Å²) in [5, 5.41) is 3.23. The normalized spacial score (nSPS) is 13.0. The van der Waals surface area contributed by atoms with Crippen molar-refractivity contribution in [2.75, 3.05) is 0 Å². The van der Waals surface area contributed by atoms with Crippen LogP contribution in [0.5, 0.6) is 0 Å². The molecule has 2 rings (SSSR count). The van der Waals surface area contributed by atoms with E-state index < -0.39 is 0 Å². The Morgan fingerprint density at radius 1 is 1.47 bits per heavy atom. The first-order valence-corrected chi connectivity index (χ1v) is 6.61. The standard InChI is InChI=1S/C11H14N2S2/c1-7(12)5-9-3-4-11(15-9)10-6-14-8(2)13-10/h3-4,6-7H,5,12H2,1-2H3. The van der Waals surface area contributed by atoms with Gasteiger partial charge in [0.25, 0.3) is 0 Å². The highest BCUT2D eigenvalue weighted by Gasteiger charge is 2.06. The zero-order chi connectivity index (χ0) is 10.8. The molecule has 15 heavy (non-hydrogen) atoms. The molecule has 2 heterocycles. The zero-order valence-electron chi connectivity index (χ0n) is 8.86. The Morgan fingerprint density at radius 3 is 2.87 bits per heavy atom. The van der Waals surface area contributed by atoms with Crippen molar-refractivity contribution in [3.8, 4) is 10.6 Å². The van der Waals surface area contributed by atoms with Gasteiger partial charge in [0, 0.05) is 16.3 Å². The van der Waals surface area contributed by atoms with E-state index in [4.69, 9.17) is 5.73 Å². The Morgan fingerprint density at radius 2 is 2.27 bits per heavy atom. The first-order valence-electron chi connectivity index (χ1n) is 4.92. The van der Waals surface area contributed by atoms with Crippen molar-refractivity contribution in [1.29, 1.82) is 0 Å². The average Bonchev–Trinajstić information content (AvgIpc) is 2.72. The van der Waals surface area contributed by atoms with Crippen LogP contribution in [0, 0.1) is 6.92 Å². The van der Waals surface area contributed by atoms with Crippen molar-refractivity contribution >= 4 is 22.7 Å². The molecule has 2 nitrogen and oxygen atoms in total. The van der Waals surface area contributed by atoms with Crippen LogP contribution >= 0.6 is 22.7 Å². The predicted octanol–water partition coefficient (Wildman–Crippen LogP) is 3.07. The molecule has 1 unspecified atom stereocenters. The molecule has 80 valence electrons. The van der Waals surface area contributed by atoms with Gasteiger partial charge in [-0.05, 0) is 32.4 Å². The lowest BCUT2D eigenvalue weighted by molar-refractivity contribution is 0.746. The van der Waals surface area contributed by atoms with Crippen LogP contribution in [0.2, 0.25) is 0 Å². The van der Waals surface area contributed by atoms with Crippen LogP contribution in [0.25, 0.3) is 10.6 Å². The first-order chi connectivity index (χ1) is 7.15. The van der Waals surface area contributed by atoms with Crippen LogP contribution in [-0.4, -0.2) is 11.0 Å². The van der Waals surface area contributed by atoms with Crippen LogP contribution < -0.4 is 5.73 Å². The number of thiazole rings is 1. The molecule has 0 saturated carbocycles. The van der Waals surface area contributed by atoms with Gasteiger partial charge in [0.15, 0.2) is 0 Å². The SMILES string of the molecule is Cc1nc(-c2ccc(CC(C)N)s2)cs1. The summed E-state index contributed by atoms with van der Waals surface area (Å²) < 4.78 is 0. The van der Waals surface area contributed by atoms with E-state index in [-0.39, 0.29) is 6.04 Å². The van der Waals surface area contributed by atoms with Gasteiger partial charge >= 0.3 is 0 Å². The summed E-state index contributed by atoms with van der Waals surface area (Å²) in [5.41, 5.74) is 6.87. The van der Waals surface area contributed by atoms with Crippen molar-refractivity contribution < 1.29 is 0 Å². The maximum Gasteiger partial charge on any atom is 0.0914 e. The van der Waals surface area contributed by atoms with E-state index >= 15 is 0 Å². The molecule has 0 aliphatic rings. The third-order valence-electron chi connectivity index (χ3n) is 2.06. The third-order valence-corrected chi connectivity index (χ3v) is 3.96. The first kappa shape index (κ1) is 10.8. The van der Waals surface area contributed by atoms with Gasteiger partial charge in [-0.2, -0.15) is 0 Å². The number of aromatic nitrogens is 1. The van der Waals surface area contributed by atoms with Crippen molar-refractivity contribution in [3.63, 3.8) is 0 Å². The van der Waals surface area contributed by atoms with E-state index in [0.29, 0.717) is 0 Å². The smallest absolute Gasteiger partial charge is 0.0914 e. The highest BCUT2D eigenvalue weighted by Crippen LogP contribution is 2.29. The second-order valence-electron chi connectivity index (χ2n) is 3.70. The minimum atomic E-state index is 0.230. The van der Waals surface area contributed by atoms with E-state index in [9.17, 15) is 0 Å². The number of nitrogens with zero attached hydrogens (tertiary/aromatic N) is 1. The number of thiophene rings is 1. The van der Waals surface area contributed by atoms with E-state index in [2.05, 4.69) is 22.5 Å². The second kappa shape index (κ2) is 4.43. The van der Waals surface area contributed by atoms with E-state index in [0.717, 1.165) is 17.1 Å². The van der Waals surface area contributed by atoms with E-state index in [1.165, 1.54) is 9.75 Å². The second-order valence-corrected chi connectivity index (χ2v) is 5.93. The number of aryl methyl sites for hydroxylation is 1. The highest BCUT2D eigenvalue weighted by molar-refractivity contribution is 7.16. The fourth-order valence-electron chi connectivity index (χ4n) is 1.42. The van der Waals surface area contributed by atoms with Gasteiger partial charge in [0.05, 0.1) is 15.6 Å². The molecule has 0 amide bonds. The lowest BCUT2D eigenvalue weighted by atomic mass is 10.2. The van der Waals surface area contributed by atoms with Crippen LogP contribution in [0.4, 0.5) is 0 Å². The van der Waals surface area contributed by atoms with E-state index in [1.54, 1.807) is 22.7 Å². The molecule has 0 radical (unpaired) electrons. The molecule has 0 aromatic carbocycles. The molecule has 0 bridgehead atoms. The summed E-state index contributed by atoms with van der Waals surface area (Å²) >= 11 is 3.49. The molecule has 0 aliphatic heterocycles. The number of hydrogen-bond acceptors (Lipinski definition) is 4. The summed E-state index contributed by atoms with van der Waals surface area (Å²) in [6, 6.07) is 4.52. The molecule has 0 spiro atoms. The van der Waals surface area contributed by atoms with Crippen molar-refractivity contribution in [2.24, 2.45) is 5.73 Å². The fraction of sp³-hybridized carbons (Fsp3) is 0.364. The van der Waals surface area contributed by atoms with Crippen molar-refractivity contribution in [2.45, 2.75) is 26.3 Å². The molecule has 0 aliphatic carbocycles. The van der Waals surface area contributed by atoms with Crippen LogP contribution in [0.1, 0.15) is 16.8 Å². The predicted molar refractivity (Wildman–Crippen MR) is 67.5 cm³/mol. The lowest BCUT2D eigenvalue weighted by Gasteiger charge is -1.99. The summed E-state index contributed by atoms with van der Waals surface area (Å²) in [6.45, 7) is 4.07. The summed E-state index contributed by atoms with van der Waals surface area (Å²) in [4.78, 5) is 7.06. The molecule has 0 saturated heterocycles. The van der Waals surface area contributed by atoms with Gasteiger partial charge in [0.2, 0.25) is 0 Å². The molecule has 2 aromatic heterocycles. The van der Waals surface area contributed by atoms with Crippen molar-refractivity contribution in [3.05, 3.63) is 27.4 Å². The number of hydrogen-bond donors (Lipinski definition) is 1. The number of nitrogens with two attached hydrogens (primary N) is 1. The summed E-state index contributed by atoms with van der Waals surface area (Å²) in [5.74, 6) is 0. The topological polar surface area (TPSA) is 38.9 Å². The Labute approximate surface area is 97.8 Å². The quantitative estimate of drug-likeness (QED) is 0.892. The third kappa shape index (κ3) is 2.65. The largest absolute Gasteiger partial charge is 0.328 e. The van der Waals surface area contributed by atoms with Crippen LogP contribution in [-0.2, 0) is 6.42 Å². The van der Waals surface area contributed by atoms with Gasteiger partial charge < -0.3 is 5.73 Å². The Hall–Kier alpha value is -0.710. The number of rotatable bonds is 3. The van der Waals surface area contributed by atoms with Crippen LogP contribution in [0.15, 0.2) is 17.5 Å². The Kier molecular flexibility index (Phi) is 3.19. The summed E-state index contributed by atoms with van der Waals surface area (Å²) in [7, 11) is 0. The van der Waals surface area contributed by atoms with E-state index in [1.807, 2.05) is 13.8 Å². The highest BCUT2D eigenvalue weighted by atomic mass is 32.1. The minimum absolute atomic E-state index is 0.230. The average molecular weight is 238 g/mol. The molecule has 4 heteroatoms. The van der Waals surface area contributed by atoms with Gasteiger partial charge in [-0.1, -0.05) is 0 Å².